The molecule has 2 aromatic carbocycles. The van der Waals surface area contributed by atoms with Crippen LogP contribution in [0.5, 0.6) is 0 Å². The molecular weight excluding hydrogens is 268 g/mol. The van der Waals surface area contributed by atoms with Crippen LogP contribution in [0.1, 0.15) is 11.1 Å². The van der Waals surface area contributed by atoms with E-state index in [1.807, 2.05) is 55.5 Å². The van der Waals surface area contributed by atoms with Crippen molar-refractivity contribution in [1.29, 1.82) is 0 Å². The number of carbonyl (C=O) groups excluding carboxylic acids is 1. The van der Waals surface area contributed by atoms with Gasteiger partial charge in [0.2, 0.25) is 5.91 Å². The molecule has 0 bridgehead atoms. The highest BCUT2D eigenvalue weighted by Crippen LogP contribution is 2.19. The predicted molar refractivity (Wildman–Crippen MR) is 84.6 cm³/mol. The molecule has 0 aliphatic heterocycles. The highest BCUT2D eigenvalue weighted by Gasteiger charge is 2.03. The van der Waals surface area contributed by atoms with Gasteiger partial charge in [0.25, 0.3) is 0 Å². The Morgan fingerprint density at radius 3 is 2.65 bits per heavy atom. The van der Waals surface area contributed by atoms with E-state index in [4.69, 9.17) is 5.73 Å². The Hall–Kier alpha value is -1.94. The fraction of sp³-hybridized carbons (Fsp3) is 0.188. The summed E-state index contributed by atoms with van der Waals surface area (Å²) in [5, 5.41) is 2.91. The van der Waals surface area contributed by atoms with Crippen LogP contribution in [-0.2, 0) is 11.3 Å². The predicted octanol–water partition coefficient (Wildman–Crippen LogP) is 2.99. The number of rotatable bonds is 5. The lowest BCUT2D eigenvalue weighted by molar-refractivity contribution is -0.118. The van der Waals surface area contributed by atoms with Gasteiger partial charge in [-0.25, -0.2) is 0 Å². The molecule has 0 saturated heterocycles. The standard InChI is InChI=1S/C16H18N2OS/c1-12-5-7-13(8-6-12)10-18-16(19)11-20-15-4-2-3-14(17)9-15/h2-9H,10-11,17H2,1H3,(H,18,19). The number of benzene rings is 2. The van der Waals surface area contributed by atoms with E-state index >= 15 is 0 Å². The molecule has 2 rings (SSSR count). The Kier molecular flexibility index (Phi) is 5.07. The molecule has 2 aromatic rings. The van der Waals surface area contributed by atoms with Crippen LogP contribution in [0.15, 0.2) is 53.4 Å². The van der Waals surface area contributed by atoms with Crippen molar-refractivity contribution in [2.24, 2.45) is 0 Å². The molecule has 0 unspecified atom stereocenters. The number of carbonyl (C=O) groups is 1. The fourth-order valence-corrected chi connectivity index (χ4v) is 2.50. The van der Waals surface area contributed by atoms with Gasteiger partial charge in [-0.2, -0.15) is 0 Å². The van der Waals surface area contributed by atoms with E-state index in [9.17, 15) is 4.79 Å². The summed E-state index contributed by atoms with van der Waals surface area (Å²) in [5.74, 6) is 0.424. The SMILES string of the molecule is Cc1ccc(CNC(=O)CSc2cccc(N)c2)cc1. The molecule has 0 aliphatic carbocycles. The molecule has 1 amide bonds. The Balaban J connectivity index is 1.77. The van der Waals surface area contributed by atoms with E-state index in [2.05, 4.69) is 5.32 Å². The average Bonchev–Trinajstić information content (AvgIpc) is 2.45. The normalized spacial score (nSPS) is 10.2. The minimum absolute atomic E-state index is 0.0259. The van der Waals surface area contributed by atoms with Crippen molar-refractivity contribution < 1.29 is 4.79 Å². The summed E-state index contributed by atoms with van der Waals surface area (Å²) < 4.78 is 0. The van der Waals surface area contributed by atoms with Crippen molar-refractivity contribution in [2.75, 3.05) is 11.5 Å². The van der Waals surface area contributed by atoms with E-state index in [1.165, 1.54) is 17.3 Å². The minimum atomic E-state index is 0.0259. The van der Waals surface area contributed by atoms with Crippen LogP contribution in [-0.4, -0.2) is 11.7 Å². The van der Waals surface area contributed by atoms with Gasteiger partial charge in [0.05, 0.1) is 5.75 Å². The van der Waals surface area contributed by atoms with Gasteiger partial charge in [-0.05, 0) is 30.7 Å². The molecule has 0 atom stereocenters. The van der Waals surface area contributed by atoms with E-state index in [0.29, 0.717) is 12.3 Å². The zero-order valence-electron chi connectivity index (χ0n) is 11.4. The first-order valence-electron chi connectivity index (χ1n) is 6.44. The van der Waals surface area contributed by atoms with E-state index in [-0.39, 0.29) is 5.91 Å². The average molecular weight is 286 g/mol. The maximum absolute atomic E-state index is 11.8. The molecule has 3 N–H and O–H groups in total. The quantitative estimate of drug-likeness (QED) is 0.656. The molecular formula is C16H18N2OS. The number of nitrogen functional groups attached to an aromatic ring is 1. The van der Waals surface area contributed by atoms with Gasteiger partial charge in [-0.3, -0.25) is 4.79 Å². The monoisotopic (exact) mass is 286 g/mol. The lowest BCUT2D eigenvalue weighted by Crippen LogP contribution is -2.24. The highest BCUT2D eigenvalue weighted by atomic mass is 32.2. The van der Waals surface area contributed by atoms with Gasteiger partial charge in [-0.1, -0.05) is 35.9 Å². The Morgan fingerprint density at radius 2 is 1.95 bits per heavy atom. The van der Waals surface area contributed by atoms with Crippen LogP contribution in [0, 0.1) is 6.92 Å². The topological polar surface area (TPSA) is 55.1 Å². The van der Waals surface area contributed by atoms with Crippen molar-refractivity contribution in [3.05, 3.63) is 59.7 Å². The number of hydrogen-bond donors (Lipinski definition) is 2. The number of anilines is 1. The third-order valence-corrected chi connectivity index (χ3v) is 3.83. The molecule has 4 heteroatoms. The third-order valence-electron chi connectivity index (χ3n) is 2.84. The first kappa shape index (κ1) is 14.5. The van der Waals surface area contributed by atoms with Crippen molar-refractivity contribution in [2.45, 2.75) is 18.4 Å². The summed E-state index contributed by atoms with van der Waals surface area (Å²) in [6.45, 7) is 2.61. The zero-order valence-corrected chi connectivity index (χ0v) is 12.2. The van der Waals surface area contributed by atoms with E-state index in [1.54, 1.807) is 0 Å². The van der Waals surface area contributed by atoms with Crippen LogP contribution in [0.25, 0.3) is 0 Å². The Labute approximate surface area is 123 Å². The van der Waals surface area contributed by atoms with Crippen molar-refractivity contribution >= 4 is 23.4 Å². The molecule has 0 spiro atoms. The number of nitrogens with two attached hydrogens (primary N) is 1. The number of aryl methyl sites for hydroxylation is 1. The zero-order chi connectivity index (χ0) is 14.4. The van der Waals surface area contributed by atoms with Crippen molar-refractivity contribution in [1.82, 2.24) is 5.32 Å². The molecule has 0 fully saturated rings. The van der Waals surface area contributed by atoms with Crippen molar-refractivity contribution in [3.8, 4) is 0 Å². The van der Waals surface area contributed by atoms with Crippen LogP contribution in [0.3, 0.4) is 0 Å². The fourth-order valence-electron chi connectivity index (χ4n) is 1.71. The number of hydrogen-bond acceptors (Lipinski definition) is 3. The molecule has 20 heavy (non-hydrogen) atoms. The largest absolute Gasteiger partial charge is 0.399 e. The Morgan fingerprint density at radius 1 is 1.20 bits per heavy atom. The summed E-state index contributed by atoms with van der Waals surface area (Å²) >= 11 is 1.49. The van der Waals surface area contributed by atoms with E-state index < -0.39 is 0 Å². The van der Waals surface area contributed by atoms with Crippen molar-refractivity contribution in [3.63, 3.8) is 0 Å². The Bertz CT molecular complexity index is 581. The molecule has 0 heterocycles. The van der Waals surface area contributed by atoms with Crippen LogP contribution >= 0.6 is 11.8 Å². The summed E-state index contributed by atoms with van der Waals surface area (Å²) in [4.78, 5) is 12.8. The lowest BCUT2D eigenvalue weighted by atomic mass is 10.1. The van der Waals surface area contributed by atoms with Crippen LogP contribution in [0.2, 0.25) is 0 Å². The minimum Gasteiger partial charge on any atom is -0.399 e. The first-order valence-corrected chi connectivity index (χ1v) is 7.42. The second-order valence-corrected chi connectivity index (χ2v) is 5.67. The first-order chi connectivity index (χ1) is 9.63. The maximum atomic E-state index is 11.8. The summed E-state index contributed by atoms with van der Waals surface area (Å²) in [5.41, 5.74) is 8.74. The molecule has 0 aliphatic rings. The van der Waals surface area contributed by atoms with Gasteiger partial charge >= 0.3 is 0 Å². The number of amides is 1. The molecule has 0 saturated carbocycles. The second-order valence-electron chi connectivity index (χ2n) is 4.62. The highest BCUT2D eigenvalue weighted by molar-refractivity contribution is 8.00. The number of thioether (sulfide) groups is 1. The molecule has 0 radical (unpaired) electrons. The van der Waals surface area contributed by atoms with Gasteiger partial charge < -0.3 is 11.1 Å². The summed E-state index contributed by atoms with van der Waals surface area (Å²) in [7, 11) is 0. The lowest BCUT2D eigenvalue weighted by Gasteiger charge is -2.06. The molecule has 3 nitrogen and oxygen atoms in total. The van der Waals surface area contributed by atoms with Gasteiger partial charge in [0, 0.05) is 17.1 Å². The van der Waals surface area contributed by atoms with Gasteiger partial charge in [0.1, 0.15) is 0 Å². The van der Waals surface area contributed by atoms with E-state index in [0.717, 1.165) is 16.1 Å². The maximum Gasteiger partial charge on any atom is 0.230 e. The third kappa shape index (κ3) is 4.63. The molecule has 104 valence electrons. The summed E-state index contributed by atoms with van der Waals surface area (Å²) in [6.07, 6.45) is 0. The smallest absolute Gasteiger partial charge is 0.230 e. The second kappa shape index (κ2) is 7.01. The van der Waals surface area contributed by atoms with Crippen LogP contribution < -0.4 is 11.1 Å². The van der Waals surface area contributed by atoms with Crippen LogP contribution in [0.4, 0.5) is 5.69 Å². The van der Waals surface area contributed by atoms with Gasteiger partial charge in [-0.15, -0.1) is 11.8 Å². The molecule has 0 aromatic heterocycles. The summed E-state index contributed by atoms with van der Waals surface area (Å²) in [6, 6.07) is 15.7. The van der Waals surface area contributed by atoms with Gasteiger partial charge in [0.15, 0.2) is 0 Å². The number of nitrogens with one attached hydrogen (secondary N) is 1.